The van der Waals surface area contributed by atoms with E-state index < -0.39 is 16.0 Å². The molecule has 1 aromatic rings. The Morgan fingerprint density at radius 2 is 2.25 bits per heavy atom. The number of thiazole rings is 1. The smallest absolute Gasteiger partial charge is 0.358 e. The first kappa shape index (κ1) is 15.4. The van der Waals surface area contributed by atoms with Crippen LogP contribution in [0.5, 0.6) is 0 Å². The molecule has 1 atom stereocenters. The van der Waals surface area contributed by atoms with Gasteiger partial charge >= 0.3 is 5.97 Å². The summed E-state index contributed by atoms with van der Waals surface area (Å²) in [6.07, 6.45) is 2.57. The van der Waals surface area contributed by atoms with Gasteiger partial charge in [-0.15, -0.1) is 11.3 Å². The van der Waals surface area contributed by atoms with Gasteiger partial charge in [0.1, 0.15) is 0 Å². The number of hydrogen-bond donors (Lipinski definition) is 1. The molecule has 0 aliphatic heterocycles. The van der Waals surface area contributed by atoms with Crippen LogP contribution in [0.15, 0.2) is 9.72 Å². The lowest BCUT2D eigenvalue weighted by Crippen LogP contribution is -2.34. The van der Waals surface area contributed by atoms with Crippen molar-refractivity contribution >= 4 is 27.3 Å². The van der Waals surface area contributed by atoms with Gasteiger partial charge in [-0.1, -0.05) is 13.8 Å². The molecule has 6 nitrogen and oxygen atoms in total. The van der Waals surface area contributed by atoms with Crippen molar-refractivity contribution < 1.29 is 17.9 Å². The van der Waals surface area contributed by atoms with E-state index in [0.717, 1.165) is 30.6 Å². The Labute approximate surface area is 122 Å². The minimum atomic E-state index is -3.73. The first-order valence-electron chi connectivity index (χ1n) is 6.29. The minimum Gasteiger partial charge on any atom is -0.464 e. The van der Waals surface area contributed by atoms with Crippen LogP contribution in [-0.4, -0.2) is 32.5 Å². The zero-order valence-corrected chi connectivity index (χ0v) is 13.3. The van der Waals surface area contributed by atoms with E-state index in [0.29, 0.717) is 0 Å². The lowest BCUT2D eigenvalue weighted by atomic mass is 9.92. The highest BCUT2D eigenvalue weighted by Gasteiger charge is 2.35. The number of hydrogen-bond acceptors (Lipinski definition) is 6. The molecular formula is C12H18N2O4S2. The second-order valence-corrected chi connectivity index (χ2v) is 8.47. The molecular weight excluding hydrogens is 300 g/mol. The zero-order valence-electron chi connectivity index (χ0n) is 11.7. The summed E-state index contributed by atoms with van der Waals surface area (Å²) in [5, 5.41) is 0. The molecule has 0 amide bonds. The summed E-state index contributed by atoms with van der Waals surface area (Å²) in [5.74, 6) is -0.738. The number of ether oxygens (including phenoxy) is 1. The van der Waals surface area contributed by atoms with Crippen LogP contribution in [0.2, 0.25) is 0 Å². The van der Waals surface area contributed by atoms with Crippen molar-refractivity contribution in [2.24, 2.45) is 5.41 Å². The van der Waals surface area contributed by atoms with Crippen molar-refractivity contribution in [1.82, 2.24) is 9.71 Å². The molecule has 1 fully saturated rings. The third-order valence-corrected chi connectivity index (χ3v) is 6.34. The molecule has 1 aromatic heterocycles. The van der Waals surface area contributed by atoms with E-state index >= 15 is 0 Å². The summed E-state index contributed by atoms with van der Waals surface area (Å²) in [4.78, 5) is 15.3. The summed E-state index contributed by atoms with van der Waals surface area (Å²) in [7, 11) is -2.53. The minimum absolute atomic E-state index is 0.0749. The molecule has 1 aliphatic rings. The molecule has 20 heavy (non-hydrogen) atoms. The van der Waals surface area contributed by atoms with E-state index in [4.69, 9.17) is 0 Å². The van der Waals surface area contributed by atoms with Gasteiger partial charge in [0.25, 0.3) is 10.0 Å². The average Bonchev–Trinajstić information content (AvgIpc) is 2.94. The largest absolute Gasteiger partial charge is 0.464 e. The third-order valence-electron chi connectivity index (χ3n) is 3.45. The van der Waals surface area contributed by atoms with Crippen LogP contribution < -0.4 is 4.72 Å². The number of methoxy groups -OCH3 is 1. The quantitative estimate of drug-likeness (QED) is 0.855. The topological polar surface area (TPSA) is 85.4 Å². The highest BCUT2D eigenvalue weighted by Crippen LogP contribution is 2.37. The van der Waals surface area contributed by atoms with Crippen LogP contribution in [0.4, 0.5) is 0 Å². The maximum absolute atomic E-state index is 12.4. The molecule has 0 radical (unpaired) electrons. The van der Waals surface area contributed by atoms with Crippen LogP contribution in [0, 0.1) is 5.41 Å². The van der Waals surface area contributed by atoms with Crippen LogP contribution in [0.3, 0.4) is 0 Å². The van der Waals surface area contributed by atoms with E-state index in [1.54, 1.807) is 0 Å². The van der Waals surface area contributed by atoms with Gasteiger partial charge in [0, 0.05) is 6.04 Å². The summed E-state index contributed by atoms with van der Waals surface area (Å²) in [5.41, 5.74) is 1.33. The van der Waals surface area contributed by atoms with Gasteiger partial charge in [-0.2, -0.15) is 0 Å². The number of aromatic nitrogens is 1. The van der Waals surface area contributed by atoms with E-state index in [9.17, 15) is 13.2 Å². The fraction of sp³-hybridized carbons (Fsp3) is 0.667. The lowest BCUT2D eigenvalue weighted by Gasteiger charge is -2.17. The van der Waals surface area contributed by atoms with Gasteiger partial charge in [0.05, 0.1) is 12.6 Å². The van der Waals surface area contributed by atoms with Crippen molar-refractivity contribution in [2.75, 3.05) is 7.11 Å². The number of carbonyl (C=O) groups is 1. The maximum atomic E-state index is 12.4. The lowest BCUT2D eigenvalue weighted by molar-refractivity contribution is 0.0590. The Morgan fingerprint density at radius 1 is 1.55 bits per heavy atom. The molecule has 0 spiro atoms. The fourth-order valence-corrected chi connectivity index (χ4v) is 4.89. The van der Waals surface area contributed by atoms with Gasteiger partial charge in [0.15, 0.2) is 9.90 Å². The summed E-state index contributed by atoms with van der Waals surface area (Å²) >= 11 is 0.921. The normalized spacial score (nSPS) is 21.9. The molecule has 1 saturated carbocycles. The Kier molecular flexibility index (Phi) is 4.17. The number of esters is 1. The van der Waals surface area contributed by atoms with Crippen molar-refractivity contribution in [3.63, 3.8) is 0 Å². The first-order valence-corrected chi connectivity index (χ1v) is 8.65. The highest BCUT2D eigenvalue weighted by molar-refractivity contribution is 7.91. The maximum Gasteiger partial charge on any atom is 0.358 e. The number of carbonyl (C=O) groups excluding carboxylic acids is 1. The van der Waals surface area contributed by atoms with E-state index in [1.807, 2.05) is 0 Å². The third kappa shape index (κ3) is 3.18. The molecule has 112 valence electrons. The Balaban J connectivity index is 2.20. The molecule has 1 N–H and O–H groups in total. The van der Waals surface area contributed by atoms with Crippen LogP contribution in [-0.2, 0) is 14.8 Å². The van der Waals surface area contributed by atoms with E-state index in [-0.39, 0.29) is 21.4 Å². The number of nitrogens with one attached hydrogen (secondary N) is 1. The molecule has 0 bridgehead atoms. The van der Waals surface area contributed by atoms with Crippen molar-refractivity contribution in [3.8, 4) is 0 Å². The first-order chi connectivity index (χ1) is 9.25. The van der Waals surface area contributed by atoms with E-state index in [1.165, 1.54) is 12.6 Å². The number of sulfonamides is 1. The zero-order chi connectivity index (χ0) is 15.0. The molecule has 1 unspecified atom stereocenters. The van der Waals surface area contributed by atoms with Gasteiger partial charge < -0.3 is 4.74 Å². The second kappa shape index (κ2) is 5.42. The molecule has 1 aliphatic carbocycles. The highest BCUT2D eigenvalue weighted by atomic mass is 32.2. The van der Waals surface area contributed by atoms with Gasteiger partial charge in [-0.25, -0.2) is 22.9 Å². The van der Waals surface area contributed by atoms with Crippen molar-refractivity contribution in [2.45, 2.75) is 43.4 Å². The van der Waals surface area contributed by atoms with Crippen molar-refractivity contribution in [1.29, 1.82) is 0 Å². The second-order valence-electron chi connectivity index (χ2n) is 5.71. The SMILES string of the molecule is COC(=O)c1ncsc1S(=O)(=O)NC1CCC(C)(C)C1. The van der Waals surface area contributed by atoms with Gasteiger partial charge in [-0.3, -0.25) is 0 Å². The molecule has 0 saturated heterocycles. The Hall–Kier alpha value is -0.990. The predicted molar refractivity (Wildman–Crippen MR) is 75.2 cm³/mol. The fourth-order valence-electron chi connectivity index (χ4n) is 2.47. The number of rotatable bonds is 4. The molecule has 8 heteroatoms. The van der Waals surface area contributed by atoms with Crippen LogP contribution >= 0.6 is 11.3 Å². The van der Waals surface area contributed by atoms with E-state index in [2.05, 4.69) is 28.3 Å². The number of nitrogens with zero attached hydrogens (tertiary/aromatic N) is 1. The molecule has 0 aromatic carbocycles. The summed E-state index contributed by atoms with van der Waals surface area (Å²) < 4.78 is 31.8. The predicted octanol–water partition coefficient (Wildman–Crippen LogP) is 1.79. The molecule has 2 rings (SSSR count). The Bertz CT molecular complexity index is 607. The Morgan fingerprint density at radius 3 is 2.80 bits per heavy atom. The van der Waals surface area contributed by atoms with Gasteiger partial charge in [0.2, 0.25) is 0 Å². The summed E-state index contributed by atoms with van der Waals surface area (Å²) in [6.45, 7) is 4.24. The summed E-state index contributed by atoms with van der Waals surface area (Å²) in [6, 6.07) is -0.0948. The monoisotopic (exact) mass is 318 g/mol. The average molecular weight is 318 g/mol. The van der Waals surface area contributed by atoms with Crippen LogP contribution in [0.1, 0.15) is 43.6 Å². The van der Waals surface area contributed by atoms with Crippen LogP contribution in [0.25, 0.3) is 0 Å². The van der Waals surface area contributed by atoms with Gasteiger partial charge in [-0.05, 0) is 24.7 Å². The molecule has 1 heterocycles. The standard InChI is InChI=1S/C12H18N2O4S2/c1-12(2)5-4-8(6-12)14-20(16,17)11-9(10(15)18-3)13-7-19-11/h7-8,14H,4-6H2,1-3H3. The van der Waals surface area contributed by atoms with Crippen molar-refractivity contribution in [3.05, 3.63) is 11.2 Å².